The summed E-state index contributed by atoms with van der Waals surface area (Å²) in [5.41, 5.74) is 0.986. The van der Waals surface area contributed by atoms with Crippen LogP contribution in [0.15, 0.2) is 42.5 Å². The molecule has 2 aromatic rings. The molecule has 0 bridgehead atoms. The summed E-state index contributed by atoms with van der Waals surface area (Å²) in [6.07, 6.45) is 0.756. The second-order valence-electron chi connectivity index (χ2n) is 5.21. The van der Waals surface area contributed by atoms with E-state index in [4.69, 9.17) is 16.3 Å². The van der Waals surface area contributed by atoms with Gasteiger partial charge in [-0.1, -0.05) is 11.6 Å². The predicted molar refractivity (Wildman–Crippen MR) is 91.2 cm³/mol. The Hall–Kier alpha value is -2.40. The molecular formula is C18H17ClFNO3. The molecule has 24 heavy (non-hydrogen) atoms. The molecule has 0 aliphatic rings. The summed E-state index contributed by atoms with van der Waals surface area (Å²) in [6.45, 7) is 1.86. The molecule has 0 atom stereocenters. The van der Waals surface area contributed by atoms with Crippen molar-refractivity contribution in [2.24, 2.45) is 0 Å². The first-order valence-electron chi connectivity index (χ1n) is 7.44. The van der Waals surface area contributed by atoms with Gasteiger partial charge in [0.05, 0.1) is 11.6 Å². The van der Waals surface area contributed by atoms with E-state index in [2.05, 4.69) is 5.32 Å². The number of Topliss-reactive ketones (excluding diaryl/α,β-unsaturated/α-hetero) is 1. The van der Waals surface area contributed by atoms with Crippen molar-refractivity contribution < 1.29 is 18.7 Å². The first-order valence-corrected chi connectivity index (χ1v) is 7.82. The Morgan fingerprint density at radius 3 is 2.50 bits per heavy atom. The fourth-order valence-electron chi connectivity index (χ4n) is 2.01. The van der Waals surface area contributed by atoms with Gasteiger partial charge in [-0.3, -0.25) is 9.59 Å². The van der Waals surface area contributed by atoms with Crippen LogP contribution in [0.5, 0.6) is 5.75 Å². The number of nitrogens with one attached hydrogen (secondary N) is 1. The van der Waals surface area contributed by atoms with Crippen LogP contribution in [0.3, 0.4) is 0 Å². The number of amides is 1. The lowest BCUT2D eigenvalue weighted by molar-refractivity contribution is -0.116. The van der Waals surface area contributed by atoms with Gasteiger partial charge in [0.15, 0.2) is 5.78 Å². The lowest BCUT2D eigenvalue weighted by Crippen LogP contribution is -2.13. The number of hydrogen-bond donors (Lipinski definition) is 1. The molecule has 1 amide bonds. The molecule has 1 N–H and O–H groups in total. The van der Waals surface area contributed by atoms with E-state index in [1.54, 1.807) is 24.3 Å². The van der Waals surface area contributed by atoms with Gasteiger partial charge >= 0.3 is 0 Å². The van der Waals surface area contributed by atoms with Crippen LogP contribution in [0.25, 0.3) is 0 Å². The molecule has 4 nitrogen and oxygen atoms in total. The van der Waals surface area contributed by atoms with Crippen LogP contribution >= 0.6 is 11.6 Å². The molecule has 6 heteroatoms. The van der Waals surface area contributed by atoms with Crippen LogP contribution in [0, 0.1) is 5.82 Å². The SMILES string of the molecule is CC(=O)c1ccc(OCCCC(=O)Nc2ccc(Cl)c(F)c2)cc1. The van der Waals surface area contributed by atoms with Crippen molar-refractivity contribution in [2.75, 3.05) is 11.9 Å². The maximum Gasteiger partial charge on any atom is 0.224 e. The smallest absolute Gasteiger partial charge is 0.224 e. The highest BCUT2D eigenvalue weighted by Crippen LogP contribution is 2.19. The fraction of sp³-hybridized carbons (Fsp3) is 0.222. The number of carbonyl (C=O) groups excluding carboxylic acids is 2. The van der Waals surface area contributed by atoms with Gasteiger partial charge in [-0.05, 0) is 55.8 Å². The van der Waals surface area contributed by atoms with Gasteiger partial charge in [-0.2, -0.15) is 0 Å². The van der Waals surface area contributed by atoms with E-state index in [1.807, 2.05) is 0 Å². The maximum atomic E-state index is 13.3. The van der Waals surface area contributed by atoms with Crippen molar-refractivity contribution in [2.45, 2.75) is 19.8 Å². The third-order valence-corrected chi connectivity index (χ3v) is 3.59. The number of ether oxygens (including phenoxy) is 1. The van der Waals surface area contributed by atoms with E-state index >= 15 is 0 Å². The lowest BCUT2D eigenvalue weighted by Gasteiger charge is -2.08. The second kappa shape index (κ2) is 8.45. The molecule has 0 unspecified atom stereocenters. The normalized spacial score (nSPS) is 10.3. The summed E-state index contributed by atoms with van der Waals surface area (Å²) in [7, 11) is 0. The first kappa shape index (κ1) is 17.9. The molecule has 0 aliphatic heterocycles. The van der Waals surface area contributed by atoms with Gasteiger partial charge in [0, 0.05) is 17.7 Å². The summed E-state index contributed by atoms with van der Waals surface area (Å²) in [6, 6.07) is 10.9. The molecule has 0 spiro atoms. The first-order chi connectivity index (χ1) is 11.5. The van der Waals surface area contributed by atoms with E-state index < -0.39 is 5.82 Å². The molecule has 0 aliphatic carbocycles. The van der Waals surface area contributed by atoms with Crippen LogP contribution in [0.2, 0.25) is 5.02 Å². The average molecular weight is 350 g/mol. The summed E-state index contributed by atoms with van der Waals surface area (Å²) in [5.74, 6) is -0.170. The van der Waals surface area contributed by atoms with Crippen molar-refractivity contribution in [3.8, 4) is 5.75 Å². The van der Waals surface area contributed by atoms with Crippen molar-refractivity contribution >= 4 is 29.0 Å². The van der Waals surface area contributed by atoms with Crippen LogP contribution in [-0.2, 0) is 4.79 Å². The van der Waals surface area contributed by atoms with Gasteiger partial charge in [0.25, 0.3) is 0 Å². The predicted octanol–water partition coefficient (Wildman–Crippen LogP) is 4.48. The van der Waals surface area contributed by atoms with Gasteiger partial charge < -0.3 is 10.1 Å². The highest BCUT2D eigenvalue weighted by Gasteiger charge is 2.06. The number of carbonyl (C=O) groups is 2. The summed E-state index contributed by atoms with van der Waals surface area (Å²) in [5, 5.41) is 2.61. The third kappa shape index (κ3) is 5.35. The molecular weight excluding hydrogens is 333 g/mol. The fourth-order valence-corrected chi connectivity index (χ4v) is 2.12. The van der Waals surface area contributed by atoms with E-state index in [0.29, 0.717) is 30.0 Å². The monoisotopic (exact) mass is 349 g/mol. The standard InChI is InChI=1S/C18H17ClFNO3/c1-12(22)13-4-7-15(8-5-13)24-10-2-3-18(23)21-14-6-9-16(19)17(20)11-14/h4-9,11H,2-3,10H2,1H3,(H,21,23). The second-order valence-corrected chi connectivity index (χ2v) is 5.62. The van der Waals surface area contributed by atoms with E-state index in [9.17, 15) is 14.0 Å². The van der Waals surface area contributed by atoms with E-state index in [-0.39, 0.29) is 23.1 Å². The molecule has 0 radical (unpaired) electrons. The third-order valence-electron chi connectivity index (χ3n) is 3.28. The molecule has 0 saturated heterocycles. The molecule has 0 saturated carbocycles. The molecule has 0 aromatic heterocycles. The lowest BCUT2D eigenvalue weighted by atomic mass is 10.1. The Morgan fingerprint density at radius 1 is 1.17 bits per heavy atom. The van der Waals surface area contributed by atoms with Crippen LogP contribution in [0.4, 0.5) is 10.1 Å². The number of hydrogen-bond acceptors (Lipinski definition) is 3. The maximum absolute atomic E-state index is 13.3. The zero-order valence-electron chi connectivity index (χ0n) is 13.1. The highest BCUT2D eigenvalue weighted by molar-refractivity contribution is 6.30. The number of halogens is 2. The van der Waals surface area contributed by atoms with Gasteiger partial charge in [-0.25, -0.2) is 4.39 Å². The minimum atomic E-state index is -0.577. The number of anilines is 1. The minimum Gasteiger partial charge on any atom is -0.494 e. The van der Waals surface area contributed by atoms with Gasteiger partial charge in [0.2, 0.25) is 5.91 Å². The molecule has 0 heterocycles. The van der Waals surface area contributed by atoms with Crippen molar-refractivity contribution in [1.82, 2.24) is 0 Å². The minimum absolute atomic E-state index is 0.00291. The summed E-state index contributed by atoms with van der Waals surface area (Å²) < 4.78 is 18.8. The Bertz CT molecular complexity index is 732. The van der Waals surface area contributed by atoms with Crippen LogP contribution in [-0.4, -0.2) is 18.3 Å². The Labute approximate surface area is 144 Å². The van der Waals surface area contributed by atoms with Crippen molar-refractivity contribution in [3.05, 3.63) is 58.9 Å². The largest absolute Gasteiger partial charge is 0.494 e. The molecule has 126 valence electrons. The van der Waals surface area contributed by atoms with E-state index in [1.165, 1.54) is 25.1 Å². The summed E-state index contributed by atoms with van der Waals surface area (Å²) in [4.78, 5) is 22.9. The van der Waals surface area contributed by atoms with Gasteiger partial charge in [0.1, 0.15) is 11.6 Å². The molecule has 2 aromatic carbocycles. The number of ketones is 1. The molecule has 0 fully saturated rings. The van der Waals surface area contributed by atoms with Crippen molar-refractivity contribution in [3.63, 3.8) is 0 Å². The zero-order chi connectivity index (χ0) is 17.5. The van der Waals surface area contributed by atoms with Gasteiger partial charge in [-0.15, -0.1) is 0 Å². The Balaban J connectivity index is 1.72. The topological polar surface area (TPSA) is 55.4 Å². The number of rotatable bonds is 7. The van der Waals surface area contributed by atoms with Crippen molar-refractivity contribution in [1.29, 1.82) is 0 Å². The Morgan fingerprint density at radius 2 is 1.88 bits per heavy atom. The zero-order valence-corrected chi connectivity index (χ0v) is 13.9. The Kier molecular flexibility index (Phi) is 6.32. The quantitative estimate of drug-likeness (QED) is 0.592. The van der Waals surface area contributed by atoms with Crippen LogP contribution < -0.4 is 10.1 Å². The summed E-state index contributed by atoms with van der Waals surface area (Å²) >= 11 is 5.58. The van der Waals surface area contributed by atoms with E-state index in [0.717, 1.165) is 0 Å². The number of benzene rings is 2. The van der Waals surface area contributed by atoms with Crippen LogP contribution in [0.1, 0.15) is 30.1 Å². The average Bonchev–Trinajstić information content (AvgIpc) is 2.55. The molecule has 2 rings (SSSR count). The highest BCUT2D eigenvalue weighted by atomic mass is 35.5.